The van der Waals surface area contributed by atoms with Gasteiger partial charge in [0.15, 0.2) is 0 Å². The molecule has 3 nitrogen and oxygen atoms in total. The molecule has 1 saturated heterocycles. The maximum atomic E-state index is 12.9. The highest BCUT2D eigenvalue weighted by Crippen LogP contribution is 2.67. The van der Waals surface area contributed by atoms with Gasteiger partial charge in [-0.2, -0.15) is 0 Å². The molecule has 9 atom stereocenters. The molecule has 0 aromatic rings. The number of aliphatic hydroxyl groups is 1. The maximum absolute atomic E-state index is 12.9. The van der Waals surface area contributed by atoms with Crippen LogP contribution in [0, 0.1) is 46.3 Å². The molecular formula is C30H49NO2. The number of likely N-dealkylation sites (tertiary alicyclic amines) is 1. The molecule has 4 aliphatic carbocycles. The van der Waals surface area contributed by atoms with E-state index < -0.39 is 0 Å². The Hall–Kier alpha value is -0.830. The van der Waals surface area contributed by atoms with Crippen molar-refractivity contribution in [3.63, 3.8) is 0 Å². The topological polar surface area (TPSA) is 40.5 Å². The number of allylic oxidation sites excluding steroid dienone is 1. The molecule has 1 N–H and O–H groups in total. The molecule has 5 aliphatic rings. The van der Waals surface area contributed by atoms with E-state index in [2.05, 4.69) is 38.7 Å². The van der Waals surface area contributed by atoms with E-state index in [4.69, 9.17) is 0 Å². The molecule has 1 amide bonds. The number of nitrogens with zero attached hydrogens (tertiary/aromatic N) is 1. The summed E-state index contributed by atoms with van der Waals surface area (Å²) in [6.45, 7) is 11.9. The highest BCUT2D eigenvalue weighted by atomic mass is 16.3. The van der Waals surface area contributed by atoms with Crippen molar-refractivity contribution >= 4 is 5.91 Å². The molecule has 1 aliphatic heterocycles. The van der Waals surface area contributed by atoms with Gasteiger partial charge in [-0.05, 0) is 117 Å². The molecule has 3 heteroatoms. The van der Waals surface area contributed by atoms with Gasteiger partial charge in [-0.25, -0.2) is 0 Å². The number of rotatable bonds is 4. The third kappa shape index (κ3) is 4.13. The van der Waals surface area contributed by atoms with Crippen LogP contribution in [0.4, 0.5) is 0 Å². The van der Waals surface area contributed by atoms with E-state index in [1.165, 1.54) is 51.4 Å². The molecular weight excluding hydrogens is 406 g/mol. The molecule has 0 spiro atoms. The van der Waals surface area contributed by atoms with Gasteiger partial charge in [0.05, 0.1) is 6.10 Å². The van der Waals surface area contributed by atoms with Gasteiger partial charge in [-0.15, -0.1) is 0 Å². The third-order valence-corrected chi connectivity index (χ3v) is 11.7. The van der Waals surface area contributed by atoms with Gasteiger partial charge in [-0.1, -0.05) is 39.3 Å². The Morgan fingerprint density at radius 3 is 2.76 bits per heavy atom. The molecule has 4 fully saturated rings. The minimum Gasteiger partial charge on any atom is -0.393 e. The van der Waals surface area contributed by atoms with Gasteiger partial charge in [0.2, 0.25) is 5.91 Å². The lowest BCUT2D eigenvalue weighted by Gasteiger charge is -2.58. The minimum absolute atomic E-state index is 0.109. The normalized spacial score (nSPS) is 46.1. The van der Waals surface area contributed by atoms with E-state index in [-0.39, 0.29) is 6.10 Å². The molecule has 0 aromatic heterocycles. The summed E-state index contributed by atoms with van der Waals surface area (Å²) in [5.41, 5.74) is 2.38. The lowest BCUT2D eigenvalue weighted by atomic mass is 9.47. The zero-order valence-electron chi connectivity index (χ0n) is 21.8. The van der Waals surface area contributed by atoms with Crippen molar-refractivity contribution in [3.05, 3.63) is 11.6 Å². The zero-order chi connectivity index (χ0) is 23.4. The van der Waals surface area contributed by atoms with Crippen LogP contribution in [0.1, 0.15) is 105 Å². The second-order valence-electron chi connectivity index (χ2n) is 13.5. The van der Waals surface area contributed by atoms with E-state index in [1.54, 1.807) is 5.57 Å². The Morgan fingerprint density at radius 1 is 1.15 bits per heavy atom. The first-order valence-corrected chi connectivity index (χ1v) is 14.4. The van der Waals surface area contributed by atoms with E-state index in [0.29, 0.717) is 28.6 Å². The van der Waals surface area contributed by atoms with Crippen molar-refractivity contribution < 1.29 is 9.90 Å². The van der Waals surface area contributed by atoms with Crippen LogP contribution in [0.5, 0.6) is 0 Å². The summed E-state index contributed by atoms with van der Waals surface area (Å²) < 4.78 is 0. The minimum atomic E-state index is -0.109. The Labute approximate surface area is 202 Å². The molecule has 0 aromatic carbocycles. The molecule has 3 saturated carbocycles. The SMILES string of the molecule is C[C@H]1CCCN(C(=O)CC[C@@H](C)[C@H]2CC[C@H]3[C@@H]4CC=C5C[C@@H](O)CC[C@]5(C)[C@H]4CC[C@]23C)C1. The van der Waals surface area contributed by atoms with Crippen LogP contribution in [0.25, 0.3) is 0 Å². The lowest BCUT2D eigenvalue weighted by molar-refractivity contribution is -0.133. The fourth-order valence-electron chi connectivity index (χ4n) is 9.74. The highest BCUT2D eigenvalue weighted by molar-refractivity contribution is 5.76. The largest absolute Gasteiger partial charge is 0.393 e. The molecule has 0 bridgehead atoms. The van der Waals surface area contributed by atoms with E-state index in [9.17, 15) is 9.90 Å². The zero-order valence-corrected chi connectivity index (χ0v) is 21.8. The Bertz CT molecular complexity index is 775. The molecule has 33 heavy (non-hydrogen) atoms. The number of piperidine rings is 1. The standard InChI is InChI=1S/C30H49NO2/c1-20-6-5-17-31(19-20)28(33)12-7-21(2)25-10-11-26-24-9-8-22-18-23(32)13-15-29(22,3)27(24)14-16-30(25,26)4/h8,20-21,23-27,32H,5-7,9-19H2,1-4H3/t20-,21+,23-,24-,25+,26-,27-,29-,30+/m0/s1. The van der Waals surface area contributed by atoms with Crippen molar-refractivity contribution in [2.45, 2.75) is 111 Å². The first kappa shape index (κ1) is 23.9. The molecule has 5 rings (SSSR count). The average Bonchev–Trinajstić information content (AvgIpc) is 3.15. The van der Waals surface area contributed by atoms with Crippen LogP contribution in [-0.4, -0.2) is 35.1 Å². The number of fused-ring (bicyclic) bond motifs is 5. The number of hydrogen-bond acceptors (Lipinski definition) is 2. The number of carbonyl (C=O) groups excluding carboxylic acids is 1. The second kappa shape index (κ2) is 8.99. The average molecular weight is 456 g/mol. The summed E-state index contributed by atoms with van der Waals surface area (Å²) in [7, 11) is 0. The van der Waals surface area contributed by atoms with Crippen molar-refractivity contribution in [2.75, 3.05) is 13.1 Å². The Balaban J connectivity index is 1.24. The second-order valence-corrected chi connectivity index (χ2v) is 13.5. The number of carbonyl (C=O) groups is 1. The van der Waals surface area contributed by atoms with Gasteiger partial charge in [-0.3, -0.25) is 4.79 Å². The Kier molecular flexibility index (Phi) is 6.51. The highest BCUT2D eigenvalue weighted by Gasteiger charge is 2.59. The maximum Gasteiger partial charge on any atom is 0.222 e. The number of amides is 1. The van der Waals surface area contributed by atoms with Crippen LogP contribution in [0.2, 0.25) is 0 Å². The van der Waals surface area contributed by atoms with Crippen LogP contribution in [-0.2, 0) is 4.79 Å². The lowest BCUT2D eigenvalue weighted by Crippen LogP contribution is -2.50. The molecule has 0 radical (unpaired) electrons. The van der Waals surface area contributed by atoms with Gasteiger partial charge in [0.25, 0.3) is 0 Å². The first-order chi connectivity index (χ1) is 15.7. The van der Waals surface area contributed by atoms with Crippen molar-refractivity contribution in [2.24, 2.45) is 46.3 Å². The quantitative estimate of drug-likeness (QED) is 0.485. The van der Waals surface area contributed by atoms with Gasteiger partial charge in [0, 0.05) is 19.5 Å². The fourth-order valence-corrected chi connectivity index (χ4v) is 9.74. The smallest absolute Gasteiger partial charge is 0.222 e. The first-order valence-electron chi connectivity index (χ1n) is 14.4. The summed E-state index contributed by atoms with van der Waals surface area (Å²) in [5.74, 6) is 5.02. The number of hydrogen-bond donors (Lipinski definition) is 1. The summed E-state index contributed by atoms with van der Waals surface area (Å²) in [5, 5.41) is 10.3. The predicted octanol–water partition coefficient (Wildman–Crippen LogP) is 6.60. The third-order valence-electron chi connectivity index (χ3n) is 11.7. The van der Waals surface area contributed by atoms with Crippen molar-refractivity contribution in [3.8, 4) is 0 Å². The molecule has 0 unspecified atom stereocenters. The van der Waals surface area contributed by atoms with Crippen LogP contribution >= 0.6 is 0 Å². The summed E-state index contributed by atoms with van der Waals surface area (Å²) >= 11 is 0. The van der Waals surface area contributed by atoms with Gasteiger partial charge >= 0.3 is 0 Å². The molecule has 186 valence electrons. The van der Waals surface area contributed by atoms with E-state index in [1.807, 2.05) is 0 Å². The summed E-state index contributed by atoms with van der Waals surface area (Å²) in [6, 6.07) is 0. The van der Waals surface area contributed by atoms with E-state index >= 15 is 0 Å². The summed E-state index contributed by atoms with van der Waals surface area (Å²) in [6.07, 6.45) is 16.6. The predicted molar refractivity (Wildman–Crippen MR) is 135 cm³/mol. The molecule has 1 heterocycles. The fraction of sp³-hybridized carbons (Fsp3) is 0.900. The van der Waals surface area contributed by atoms with Crippen molar-refractivity contribution in [1.82, 2.24) is 4.90 Å². The monoisotopic (exact) mass is 455 g/mol. The van der Waals surface area contributed by atoms with E-state index in [0.717, 1.165) is 62.4 Å². The van der Waals surface area contributed by atoms with Crippen LogP contribution in [0.3, 0.4) is 0 Å². The summed E-state index contributed by atoms with van der Waals surface area (Å²) in [4.78, 5) is 15.1. The number of aliphatic hydroxyl groups excluding tert-OH is 1. The van der Waals surface area contributed by atoms with Gasteiger partial charge < -0.3 is 10.0 Å². The van der Waals surface area contributed by atoms with Gasteiger partial charge in [0.1, 0.15) is 0 Å². The van der Waals surface area contributed by atoms with Crippen LogP contribution < -0.4 is 0 Å². The van der Waals surface area contributed by atoms with Crippen LogP contribution in [0.15, 0.2) is 11.6 Å². The Morgan fingerprint density at radius 2 is 1.97 bits per heavy atom. The van der Waals surface area contributed by atoms with Crippen molar-refractivity contribution in [1.29, 1.82) is 0 Å².